The number of hydrogen-bond donors (Lipinski definition) is 3. The van der Waals surface area contributed by atoms with Gasteiger partial charge in [-0.25, -0.2) is 0 Å². The Kier molecular flexibility index (Phi) is 3.36. The summed E-state index contributed by atoms with van der Waals surface area (Å²) in [6, 6.07) is 3.03. The van der Waals surface area contributed by atoms with Crippen LogP contribution in [-0.4, -0.2) is 15.3 Å². The lowest BCUT2D eigenvalue weighted by atomic mass is 10.0. The first-order chi connectivity index (χ1) is 6.50. The van der Waals surface area contributed by atoms with Gasteiger partial charge in [-0.15, -0.1) is 0 Å². The van der Waals surface area contributed by atoms with Crippen molar-refractivity contribution >= 4 is 0 Å². The summed E-state index contributed by atoms with van der Waals surface area (Å²) in [6.45, 7) is 3.35. The van der Waals surface area contributed by atoms with Gasteiger partial charge in [0.25, 0.3) is 0 Å². The normalized spacial score (nSPS) is 10.9. The van der Waals surface area contributed by atoms with E-state index in [1.165, 1.54) is 12.1 Å². The van der Waals surface area contributed by atoms with Crippen LogP contribution in [0.25, 0.3) is 0 Å². The van der Waals surface area contributed by atoms with Gasteiger partial charge < -0.3 is 15.3 Å². The van der Waals surface area contributed by atoms with Crippen molar-refractivity contribution in [3.05, 3.63) is 29.4 Å². The van der Waals surface area contributed by atoms with Crippen LogP contribution in [-0.2, 0) is 6.42 Å². The fourth-order valence-corrected chi connectivity index (χ4v) is 1.34. The van der Waals surface area contributed by atoms with Gasteiger partial charge in [-0.3, -0.25) is 0 Å². The Morgan fingerprint density at radius 1 is 1.29 bits per heavy atom. The second-order valence-corrected chi connectivity index (χ2v) is 3.51. The molecule has 0 heterocycles. The Labute approximate surface area is 83.6 Å². The lowest BCUT2D eigenvalue weighted by molar-refractivity contribution is 0.295. The number of hydrogen-bond acceptors (Lipinski definition) is 3. The standard InChI is InChI=1S/C11H15O3/c1-7-5-10(13)6-9(11(7)14)4-3-8(2)12/h5-6,12-14H,3-4H2,1-2H3. The molecule has 0 amide bonds. The number of phenols is 2. The number of aliphatic hydroxyl groups excluding tert-OH is 1. The van der Waals surface area contributed by atoms with Crippen LogP contribution in [0, 0.1) is 13.0 Å². The highest BCUT2D eigenvalue weighted by molar-refractivity contribution is 5.45. The largest absolute Gasteiger partial charge is 0.508 e. The Balaban J connectivity index is 2.85. The van der Waals surface area contributed by atoms with Gasteiger partial charge in [0.2, 0.25) is 0 Å². The first kappa shape index (κ1) is 10.9. The van der Waals surface area contributed by atoms with Crippen LogP contribution < -0.4 is 0 Å². The summed E-state index contributed by atoms with van der Waals surface area (Å²) in [7, 11) is 0. The molecule has 1 rings (SSSR count). The minimum absolute atomic E-state index is 0.144. The number of aryl methyl sites for hydroxylation is 2. The van der Waals surface area contributed by atoms with Crippen LogP contribution in [0.3, 0.4) is 0 Å². The van der Waals surface area contributed by atoms with Gasteiger partial charge >= 0.3 is 0 Å². The SMILES string of the molecule is C[C](O)CCc1cc(O)cc(C)c1O. The molecule has 1 radical (unpaired) electrons. The number of phenolic OH excluding ortho intramolecular Hbond substituents is 2. The third-order valence-corrected chi connectivity index (χ3v) is 2.12. The third-order valence-electron chi connectivity index (χ3n) is 2.12. The maximum Gasteiger partial charge on any atom is 0.121 e. The molecule has 14 heavy (non-hydrogen) atoms. The van der Waals surface area contributed by atoms with Gasteiger partial charge in [0.05, 0.1) is 6.10 Å². The van der Waals surface area contributed by atoms with E-state index in [2.05, 4.69) is 0 Å². The van der Waals surface area contributed by atoms with Crippen molar-refractivity contribution < 1.29 is 15.3 Å². The number of rotatable bonds is 3. The number of aliphatic hydroxyl groups is 1. The average Bonchev–Trinajstić information content (AvgIpc) is 2.08. The third kappa shape index (κ3) is 2.64. The van der Waals surface area contributed by atoms with E-state index in [0.29, 0.717) is 30.1 Å². The molecule has 0 atom stereocenters. The summed E-state index contributed by atoms with van der Waals surface area (Å²) in [5, 5.41) is 28.0. The minimum Gasteiger partial charge on any atom is -0.508 e. The molecule has 0 bridgehead atoms. The molecule has 0 saturated heterocycles. The van der Waals surface area contributed by atoms with Crippen molar-refractivity contribution in [2.75, 3.05) is 0 Å². The van der Waals surface area contributed by atoms with E-state index >= 15 is 0 Å². The van der Waals surface area contributed by atoms with Crippen LogP contribution in [0.1, 0.15) is 24.5 Å². The van der Waals surface area contributed by atoms with E-state index in [4.69, 9.17) is 5.11 Å². The first-order valence-electron chi connectivity index (χ1n) is 4.53. The Hall–Kier alpha value is -1.22. The molecule has 0 fully saturated rings. The molecule has 0 aliphatic heterocycles. The molecule has 3 N–H and O–H groups in total. The van der Waals surface area contributed by atoms with E-state index in [9.17, 15) is 10.2 Å². The van der Waals surface area contributed by atoms with E-state index in [1.54, 1.807) is 13.8 Å². The monoisotopic (exact) mass is 195 g/mol. The Morgan fingerprint density at radius 3 is 2.50 bits per heavy atom. The zero-order valence-corrected chi connectivity index (χ0v) is 8.41. The highest BCUT2D eigenvalue weighted by atomic mass is 16.3. The molecule has 1 aromatic carbocycles. The summed E-state index contributed by atoms with van der Waals surface area (Å²) in [6.07, 6.45) is 1.35. The minimum atomic E-state index is 0.144. The second kappa shape index (κ2) is 4.33. The van der Waals surface area contributed by atoms with Crippen molar-refractivity contribution in [3.63, 3.8) is 0 Å². The van der Waals surface area contributed by atoms with Gasteiger partial charge in [-0.1, -0.05) is 0 Å². The zero-order valence-electron chi connectivity index (χ0n) is 8.41. The zero-order chi connectivity index (χ0) is 10.7. The van der Waals surface area contributed by atoms with Crippen LogP contribution in [0.15, 0.2) is 12.1 Å². The van der Waals surface area contributed by atoms with Gasteiger partial charge in [0.15, 0.2) is 0 Å². The van der Waals surface area contributed by atoms with E-state index < -0.39 is 0 Å². The van der Waals surface area contributed by atoms with Crippen molar-refractivity contribution in [2.24, 2.45) is 0 Å². The lowest BCUT2D eigenvalue weighted by Crippen LogP contribution is -1.94. The van der Waals surface area contributed by atoms with Crippen LogP contribution in [0.4, 0.5) is 0 Å². The van der Waals surface area contributed by atoms with Crippen LogP contribution in [0.2, 0.25) is 0 Å². The lowest BCUT2D eigenvalue weighted by Gasteiger charge is -2.08. The summed E-state index contributed by atoms with van der Waals surface area (Å²) < 4.78 is 0. The summed E-state index contributed by atoms with van der Waals surface area (Å²) in [4.78, 5) is 0. The Bertz CT molecular complexity index is 319. The van der Waals surface area contributed by atoms with Gasteiger partial charge in [0.1, 0.15) is 11.5 Å². The Morgan fingerprint density at radius 2 is 1.93 bits per heavy atom. The fourth-order valence-electron chi connectivity index (χ4n) is 1.34. The molecule has 0 unspecified atom stereocenters. The van der Waals surface area contributed by atoms with Crippen molar-refractivity contribution in [3.8, 4) is 11.5 Å². The number of benzene rings is 1. The van der Waals surface area contributed by atoms with E-state index in [0.717, 1.165) is 0 Å². The predicted molar refractivity (Wildman–Crippen MR) is 53.7 cm³/mol. The quantitative estimate of drug-likeness (QED) is 0.648. The van der Waals surface area contributed by atoms with Gasteiger partial charge in [0, 0.05) is 0 Å². The van der Waals surface area contributed by atoms with Crippen molar-refractivity contribution in [2.45, 2.75) is 26.7 Å². The molecule has 0 aliphatic carbocycles. The molecular weight excluding hydrogens is 180 g/mol. The summed E-state index contributed by atoms with van der Waals surface area (Å²) in [5.41, 5.74) is 1.31. The highest BCUT2D eigenvalue weighted by Crippen LogP contribution is 2.28. The van der Waals surface area contributed by atoms with Crippen LogP contribution in [0.5, 0.6) is 11.5 Å². The number of aromatic hydroxyl groups is 2. The molecule has 0 aromatic heterocycles. The molecule has 0 spiro atoms. The molecular formula is C11H15O3. The average molecular weight is 195 g/mol. The molecule has 0 saturated carbocycles. The highest BCUT2D eigenvalue weighted by Gasteiger charge is 2.08. The first-order valence-corrected chi connectivity index (χ1v) is 4.53. The maximum atomic E-state index is 9.63. The van der Waals surface area contributed by atoms with Crippen LogP contribution >= 0.6 is 0 Å². The molecule has 0 aliphatic rings. The topological polar surface area (TPSA) is 60.7 Å². The van der Waals surface area contributed by atoms with E-state index in [1.807, 2.05) is 0 Å². The van der Waals surface area contributed by atoms with E-state index in [-0.39, 0.29) is 11.5 Å². The molecule has 1 aromatic rings. The molecule has 3 nitrogen and oxygen atoms in total. The summed E-state index contributed by atoms with van der Waals surface area (Å²) >= 11 is 0. The second-order valence-electron chi connectivity index (χ2n) is 3.51. The van der Waals surface area contributed by atoms with Crippen molar-refractivity contribution in [1.82, 2.24) is 0 Å². The molecule has 3 heteroatoms. The smallest absolute Gasteiger partial charge is 0.121 e. The maximum absolute atomic E-state index is 9.63. The molecule has 77 valence electrons. The summed E-state index contributed by atoms with van der Waals surface area (Å²) in [5.74, 6) is 0.343. The predicted octanol–water partition coefficient (Wildman–Crippen LogP) is 2.26. The van der Waals surface area contributed by atoms with Gasteiger partial charge in [-0.2, -0.15) is 0 Å². The van der Waals surface area contributed by atoms with Gasteiger partial charge in [-0.05, 0) is 49.9 Å². The fraction of sp³-hybridized carbons (Fsp3) is 0.364. The van der Waals surface area contributed by atoms with Crippen molar-refractivity contribution in [1.29, 1.82) is 0 Å².